The number of hydrogen-bond acceptors (Lipinski definition) is 0. The summed E-state index contributed by atoms with van der Waals surface area (Å²) >= 11 is 5.91. The fourth-order valence-corrected chi connectivity index (χ4v) is 5.97. The molecule has 4 rings (SSSR count). The summed E-state index contributed by atoms with van der Waals surface area (Å²) in [6.45, 7) is 2.26. The van der Waals surface area contributed by atoms with Crippen molar-refractivity contribution < 1.29 is 8.78 Å². The van der Waals surface area contributed by atoms with Crippen LogP contribution in [0.15, 0.2) is 60.7 Å². The van der Waals surface area contributed by atoms with Gasteiger partial charge in [0.05, 0.1) is 5.56 Å². The second-order valence-electron chi connectivity index (χ2n) is 11.0. The molecule has 0 N–H and O–H groups in total. The van der Waals surface area contributed by atoms with E-state index < -0.39 is 11.6 Å². The van der Waals surface area contributed by atoms with Crippen molar-refractivity contribution in [3.63, 3.8) is 0 Å². The molecule has 1 aliphatic rings. The van der Waals surface area contributed by atoms with E-state index in [2.05, 4.69) is 31.2 Å². The van der Waals surface area contributed by atoms with E-state index >= 15 is 0 Å². The SMILES string of the molecule is CCCCCCc1ccc(CCC2CCC(CCc3cc(F)c(-c4ccc(Cl)cc4)c(F)c3)CC2)cc1. The number of unbranched alkanes of at least 4 members (excludes halogenated alkanes) is 3. The highest BCUT2D eigenvalue weighted by Gasteiger charge is 2.21. The number of aryl methyl sites for hydroxylation is 3. The Morgan fingerprint density at radius 1 is 0.649 bits per heavy atom. The van der Waals surface area contributed by atoms with Crippen LogP contribution in [0.1, 0.15) is 87.8 Å². The van der Waals surface area contributed by atoms with E-state index in [-0.39, 0.29) is 5.56 Å². The molecule has 0 bridgehead atoms. The predicted molar refractivity (Wildman–Crippen MR) is 153 cm³/mol. The molecule has 1 fully saturated rings. The quantitative estimate of drug-likeness (QED) is 0.207. The number of halogens is 3. The summed E-state index contributed by atoms with van der Waals surface area (Å²) in [5.41, 5.74) is 4.24. The molecule has 1 saturated carbocycles. The van der Waals surface area contributed by atoms with Crippen molar-refractivity contribution in [1.29, 1.82) is 0 Å². The third-order valence-corrected chi connectivity index (χ3v) is 8.48. The lowest BCUT2D eigenvalue weighted by Crippen LogP contribution is -2.16. The highest BCUT2D eigenvalue weighted by atomic mass is 35.5. The number of hydrogen-bond donors (Lipinski definition) is 0. The van der Waals surface area contributed by atoms with Crippen LogP contribution in [-0.4, -0.2) is 0 Å². The first kappa shape index (κ1) is 27.8. The molecule has 3 heteroatoms. The van der Waals surface area contributed by atoms with E-state index in [9.17, 15) is 8.78 Å². The third-order valence-electron chi connectivity index (χ3n) is 8.23. The Morgan fingerprint density at radius 2 is 1.16 bits per heavy atom. The molecule has 0 aromatic heterocycles. The topological polar surface area (TPSA) is 0 Å². The van der Waals surface area contributed by atoms with Crippen LogP contribution < -0.4 is 0 Å². The summed E-state index contributed by atoms with van der Waals surface area (Å²) in [6, 6.07) is 19.0. The molecule has 198 valence electrons. The van der Waals surface area contributed by atoms with Gasteiger partial charge in [-0.3, -0.25) is 0 Å². The summed E-state index contributed by atoms with van der Waals surface area (Å²) in [7, 11) is 0. The minimum atomic E-state index is -0.495. The molecule has 0 amide bonds. The highest BCUT2D eigenvalue weighted by Crippen LogP contribution is 2.35. The van der Waals surface area contributed by atoms with Gasteiger partial charge in [0.2, 0.25) is 0 Å². The molecule has 3 aromatic rings. The first-order valence-corrected chi connectivity index (χ1v) is 14.7. The zero-order valence-electron chi connectivity index (χ0n) is 22.3. The zero-order chi connectivity index (χ0) is 26.0. The standard InChI is InChI=1S/C34H41ClF2/c1-2-3-4-5-6-25-7-9-26(10-8-25)11-12-27-13-15-28(16-14-27)17-18-29-23-32(36)34(33(37)24-29)30-19-21-31(35)22-20-30/h7-10,19-24,27-28H,2-6,11-18H2,1H3. The maximum absolute atomic E-state index is 14.8. The van der Waals surface area contributed by atoms with Crippen LogP contribution in [0.4, 0.5) is 8.78 Å². The van der Waals surface area contributed by atoms with Gasteiger partial charge < -0.3 is 0 Å². The van der Waals surface area contributed by atoms with Gasteiger partial charge in [0.25, 0.3) is 0 Å². The smallest absolute Gasteiger partial charge is 0.134 e. The van der Waals surface area contributed by atoms with Crippen molar-refractivity contribution in [2.24, 2.45) is 11.8 Å². The van der Waals surface area contributed by atoms with Crippen molar-refractivity contribution in [1.82, 2.24) is 0 Å². The molecule has 1 aliphatic carbocycles. The fraction of sp³-hybridized carbons (Fsp3) is 0.471. The van der Waals surface area contributed by atoms with Crippen molar-refractivity contribution >= 4 is 11.6 Å². The molecule has 37 heavy (non-hydrogen) atoms. The van der Waals surface area contributed by atoms with Gasteiger partial charge in [-0.05, 0) is 96.9 Å². The Kier molecular flexibility index (Phi) is 10.6. The zero-order valence-corrected chi connectivity index (χ0v) is 23.0. The molecule has 0 unspecified atom stereocenters. The van der Waals surface area contributed by atoms with Gasteiger partial charge >= 0.3 is 0 Å². The first-order valence-electron chi connectivity index (χ1n) is 14.3. The van der Waals surface area contributed by atoms with E-state index in [4.69, 9.17) is 11.6 Å². The van der Waals surface area contributed by atoms with Gasteiger partial charge in [-0.25, -0.2) is 8.78 Å². The summed E-state index contributed by atoms with van der Waals surface area (Å²) in [5, 5.41) is 0.554. The van der Waals surface area contributed by atoms with Crippen molar-refractivity contribution in [2.75, 3.05) is 0 Å². The van der Waals surface area contributed by atoms with Crippen LogP contribution in [0.2, 0.25) is 5.02 Å². The monoisotopic (exact) mass is 522 g/mol. The Labute approximate surface area is 227 Å². The van der Waals surface area contributed by atoms with Gasteiger partial charge in [0.1, 0.15) is 11.6 Å². The Hall–Kier alpha value is -2.19. The van der Waals surface area contributed by atoms with Gasteiger partial charge in [0.15, 0.2) is 0 Å². The molecule has 0 spiro atoms. The average molecular weight is 523 g/mol. The third kappa shape index (κ3) is 8.40. The van der Waals surface area contributed by atoms with Crippen LogP contribution in [0.5, 0.6) is 0 Å². The Morgan fingerprint density at radius 3 is 1.70 bits per heavy atom. The van der Waals surface area contributed by atoms with Crippen LogP contribution in [-0.2, 0) is 19.3 Å². The highest BCUT2D eigenvalue weighted by molar-refractivity contribution is 6.30. The lowest BCUT2D eigenvalue weighted by molar-refractivity contribution is 0.253. The minimum Gasteiger partial charge on any atom is -0.206 e. The summed E-state index contributed by atoms with van der Waals surface area (Å²) in [5.74, 6) is 0.472. The summed E-state index contributed by atoms with van der Waals surface area (Å²) in [4.78, 5) is 0. The second-order valence-corrected chi connectivity index (χ2v) is 11.5. The maximum Gasteiger partial charge on any atom is 0.134 e. The van der Waals surface area contributed by atoms with Crippen LogP contribution in [0.3, 0.4) is 0 Å². The van der Waals surface area contributed by atoms with Crippen molar-refractivity contribution in [3.8, 4) is 11.1 Å². The predicted octanol–water partition coefficient (Wildman–Crippen LogP) is 10.8. The van der Waals surface area contributed by atoms with Crippen molar-refractivity contribution in [2.45, 2.75) is 90.4 Å². The fourth-order valence-electron chi connectivity index (χ4n) is 5.84. The minimum absolute atomic E-state index is 0.0301. The van der Waals surface area contributed by atoms with E-state index in [1.807, 2.05) is 0 Å². The lowest BCUT2D eigenvalue weighted by atomic mass is 9.77. The molecule has 0 saturated heterocycles. The molecule has 0 aliphatic heterocycles. The van der Waals surface area contributed by atoms with Gasteiger partial charge in [0, 0.05) is 5.02 Å². The van der Waals surface area contributed by atoms with Gasteiger partial charge in [-0.2, -0.15) is 0 Å². The average Bonchev–Trinajstić information content (AvgIpc) is 2.91. The molecule has 0 radical (unpaired) electrons. The van der Waals surface area contributed by atoms with Crippen LogP contribution in [0, 0.1) is 23.5 Å². The number of benzene rings is 3. The Balaban J connectivity index is 1.18. The Bertz CT molecular complexity index is 1070. The molecule has 0 nitrogen and oxygen atoms in total. The molecular weight excluding hydrogens is 482 g/mol. The van der Waals surface area contributed by atoms with Gasteiger partial charge in [-0.15, -0.1) is 0 Å². The van der Waals surface area contributed by atoms with Crippen molar-refractivity contribution in [3.05, 3.63) is 94.0 Å². The lowest BCUT2D eigenvalue weighted by Gasteiger charge is -2.28. The largest absolute Gasteiger partial charge is 0.206 e. The molecule has 0 atom stereocenters. The van der Waals surface area contributed by atoms with E-state index in [0.717, 1.165) is 24.3 Å². The molecule has 0 heterocycles. The van der Waals surface area contributed by atoms with E-state index in [1.165, 1.54) is 93.9 Å². The summed E-state index contributed by atoms with van der Waals surface area (Å²) in [6.07, 6.45) is 15.7. The second kappa shape index (κ2) is 14.1. The van der Waals surface area contributed by atoms with Gasteiger partial charge in [-0.1, -0.05) is 99.9 Å². The van der Waals surface area contributed by atoms with E-state index in [1.54, 1.807) is 24.3 Å². The number of rotatable bonds is 12. The first-order chi connectivity index (χ1) is 18.0. The van der Waals surface area contributed by atoms with Crippen LogP contribution >= 0.6 is 11.6 Å². The maximum atomic E-state index is 14.8. The summed E-state index contributed by atoms with van der Waals surface area (Å²) < 4.78 is 29.5. The van der Waals surface area contributed by atoms with E-state index in [0.29, 0.717) is 16.5 Å². The molecular formula is C34H41ClF2. The molecule has 3 aromatic carbocycles. The van der Waals surface area contributed by atoms with Crippen LogP contribution in [0.25, 0.3) is 11.1 Å². The normalized spacial score (nSPS) is 17.7.